The Hall–Kier alpha value is -3.72. The maximum Gasteiger partial charge on any atom is 0.295 e. The van der Waals surface area contributed by atoms with Gasteiger partial charge in [-0.25, -0.2) is 0 Å². The molecule has 9 heteroatoms. The number of benzene rings is 2. The SMILES string of the molecule is CCCCN(CCCC)CCCN1C(=O)C(=O)/C(=C(\O)c2cccc([N+](=O)[O-])c2)C1c1cccc(O)c1. The van der Waals surface area contributed by atoms with Crippen LogP contribution < -0.4 is 0 Å². The summed E-state index contributed by atoms with van der Waals surface area (Å²) in [5, 5.41) is 32.5. The van der Waals surface area contributed by atoms with Gasteiger partial charge in [0.1, 0.15) is 11.5 Å². The van der Waals surface area contributed by atoms with E-state index in [1.165, 1.54) is 41.3 Å². The third-order valence-electron chi connectivity index (χ3n) is 6.59. The molecule has 0 saturated carbocycles. The van der Waals surface area contributed by atoms with Crippen molar-refractivity contribution < 1.29 is 24.7 Å². The number of aromatic hydroxyl groups is 1. The number of phenols is 1. The molecule has 0 aliphatic carbocycles. The van der Waals surface area contributed by atoms with Gasteiger partial charge in [-0.15, -0.1) is 0 Å². The average Bonchev–Trinajstić information content (AvgIpc) is 3.14. The van der Waals surface area contributed by atoms with Crippen molar-refractivity contribution in [2.24, 2.45) is 0 Å². The number of nitro benzene ring substituents is 1. The van der Waals surface area contributed by atoms with Crippen LogP contribution in [0.5, 0.6) is 5.75 Å². The number of nitrogens with zero attached hydrogens (tertiary/aromatic N) is 3. The van der Waals surface area contributed by atoms with Crippen LogP contribution in [0.2, 0.25) is 0 Å². The lowest BCUT2D eigenvalue weighted by Crippen LogP contribution is -2.34. The zero-order chi connectivity index (χ0) is 26.9. The number of amides is 1. The number of aliphatic hydroxyl groups is 1. The fourth-order valence-electron chi connectivity index (χ4n) is 4.64. The molecule has 2 aromatic carbocycles. The summed E-state index contributed by atoms with van der Waals surface area (Å²) in [7, 11) is 0. The summed E-state index contributed by atoms with van der Waals surface area (Å²) in [6.07, 6.45) is 4.98. The van der Waals surface area contributed by atoms with E-state index in [4.69, 9.17) is 0 Å². The van der Waals surface area contributed by atoms with E-state index in [1.807, 2.05) is 0 Å². The second-order valence-corrected chi connectivity index (χ2v) is 9.30. The van der Waals surface area contributed by atoms with Crippen LogP contribution in [0.15, 0.2) is 54.1 Å². The van der Waals surface area contributed by atoms with Gasteiger partial charge >= 0.3 is 0 Å². The number of non-ortho nitro benzene ring substituents is 1. The number of carbonyl (C=O) groups is 2. The van der Waals surface area contributed by atoms with E-state index in [0.29, 0.717) is 12.0 Å². The molecular formula is C28H35N3O6. The van der Waals surface area contributed by atoms with E-state index in [1.54, 1.807) is 12.1 Å². The molecule has 0 aromatic heterocycles. The Bertz CT molecular complexity index is 1150. The van der Waals surface area contributed by atoms with Crippen LogP contribution in [-0.2, 0) is 9.59 Å². The first-order valence-electron chi connectivity index (χ1n) is 12.8. The highest BCUT2D eigenvalue weighted by molar-refractivity contribution is 6.46. The van der Waals surface area contributed by atoms with E-state index in [0.717, 1.165) is 45.3 Å². The van der Waals surface area contributed by atoms with Gasteiger partial charge in [-0.3, -0.25) is 19.7 Å². The summed E-state index contributed by atoms with van der Waals surface area (Å²) < 4.78 is 0. The van der Waals surface area contributed by atoms with Gasteiger partial charge in [0.05, 0.1) is 16.5 Å². The normalized spacial score (nSPS) is 17.1. The number of phenolic OH excluding ortho intramolecular Hbond substituents is 1. The van der Waals surface area contributed by atoms with Crippen LogP contribution in [0.4, 0.5) is 5.69 Å². The molecule has 1 heterocycles. The molecule has 1 saturated heterocycles. The summed E-state index contributed by atoms with van der Waals surface area (Å²) in [5.74, 6) is -2.12. The first kappa shape index (κ1) is 27.9. The molecule has 0 bridgehead atoms. The smallest absolute Gasteiger partial charge is 0.295 e. The zero-order valence-corrected chi connectivity index (χ0v) is 21.4. The molecular weight excluding hydrogens is 474 g/mol. The van der Waals surface area contributed by atoms with Crippen molar-refractivity contribution in [1.29, 1.82) is 0 Å². The predicted molar refractivity (Wildman–Crippen MR) is 141 cm³/mol. The number of unbranched alkanes of at least 4 members (excludes halogenated alkanes) is 2. The average molecular weight is 510 g/mol. The van der Waals surface area contributed by atoms with Crippen LogP contribution in [0.25, 0.3) is 5.76 Å². The fourth-order valence-corrected chi connectivity index (χ4v) is 4.64. The molecule has 0 radical (unpaired) electrons. The van der Waals surface area contributed by atoms with Gasteiger partial charge in [0, 0.05) is 24.2 Å². The standard InChI is InChI=1S/C28H35N3O6/c1-3-5-14-29(15-6-4-2)16-9-17-30-25(20-10-8-13-23(32)19-20)24(27(34)28(30)35)26(33)21-11-7-12-22(18-21)31(36)37/h7-8,10-13,18-19,25,32-33H,3-6,9,14-17H2,1-2H3/b26-24-. The molecule has 198 valence electrons. The van der Waals surface area contributed by atoms with E-state index >= 15 is 0 Å². The molecule has 2 N–H and O–H groups in total. The van der Waals surface area contributed by atoms with E-state index in [9.17, 15) is 29.9 Å². The number of likely N-dealkylation sites (tertiary alicyclic amines) is 1. The fraction of sp³-hybridized carbons (Fsp3) is 0.429. The Morgan fingerprint density at radius 3 is 2.27 bits per heavy atom. The monoisotopic (exact) mass is 509 g/mol. The summed E-state index contributed by atoms with van der Waals surface area (Å²) in [6.45, 7) is 7.28. The van der Waals surface area contributed by atoms with Crippen molar-refractivity contribution >= 4 is 23.1 Å². The maximum atomic E-state index is 13.2. The van der Waals surface area contributed by atoms with Gasteiger partial charge in [0.2, 0.25) is 0 Å². The minimum absolute atomic E-state index is 0.0382. The predicted octanol–water partition coefficient (Wildman–Crippen LogP) is 5.01. The molecule has 2 aromatic rings. The van der Waals surface area contributed by atoms with Gasteiger partial charge in [-0.2, -0.15) is 0 Å². The lowest BCUT2D eigenvalue weighted by molar-refractivity contribution is -0.384. The minimum atomic E-state index is -0.925. The Morgan fingerprint density at radius 2 is 1.65 bits per heavy atom. The Morgan fingerprint density at radius 1 is 1.00 bits per heavy atom. The second kappa shape index (κ2) is 13.0. The van der Waals surface area contributed by atoms with Gasteiger partial charge in [-0.1, -0.05) is 51.0 Å². The second-order valence-electron chi connectivity index (χ2n) is 9.30. The number of carbonyl (C=O) groups excluding carboxylic acids is 2. The van der Waals surface area contributed by atoms with E-state index in [2.05, 4.69) is 18.7 Å². The third-order valence-corrected chi connectivity index (χ3v) is 6.59. The topological polar surface area (TPSA) is 124 Å². The van der Waals surface area contributed by atoms with Crippen molar-refractivity contribution in [3.8, 4) is 5.75 Å². The van der Waals surface area contributed by atoms with Crippen LogP contribution in [0.3, 0.4) is 0 Å². The summed E-state index contributed by atoms with van der Waals surface area (Å²) in [6, 6.07) is 10.6. The first-order valence-corrected chi connectivity index (χ1v) is 12.8. The Labute approximate surface area is 217 Å². The molecule has 1 fully saturated rings. The molecule has 37 heavy (non-hydrogen) atoms. The third kappa shape index (κ3) is 6.74. The zero-order valence-electron chi connectivity index (χ0n) is 21.4. The number of rotatable bonds is 13. The van der Waals surface area contributed by atoms with Crippen LogP contribution in [-0.4, -0.2) is 62.8 Å². The number of hydrogen-bond acceptors (Lipinski definition) is 7. The Balaban J connectivity index is 1.96. The minimum Gasteiger partial charge on any atom is -0.508 e. The van der Waals surface area contributed by atoms with Crippen molar-refractivity contribution in [3.63, 3.8) is 0 Å². The van der Waals surface area contributed by atoms with Crippen molar-refractivity contribution in [2.75, 3.05) is 26.2 Å². The molecule has 1 atom stereocenters. The molecule has 1 aliphatic heterocycles. The van der Waals surface area contributed by atoms with Crippen LogP contribution >= 0.6 is 0 Å². The number of ketones is 1. The van der Waals surface area contributed by atoms with Gasteiger partial charge < -0.3 is 20.0 Å². The molecule has 3 rings (SSSR count). The molecule has 0 spiro atoms. The molecule has 1 amide bonds. The number of Topliss-reactive ketones (excluding diaryl/α,β-unsaturated/α-hetero) is 1. The van der Waals surface area contributed by atoms with Gasteiger partial charge in [-0.05, 0) is 56.6 Å². The maximum absolute atomic E-state index is 13.2. The van der Waals surface area contributed by atoms with Crippen LogP contribution in [0.1, 0.15) is 63.1 Å². The number of aliphatic hydroxyl groups excluding tert-OH is 1. The van der Waals surface area contributed by atoms with Gasteiger partial charge in [0.25, 0.3) is 17.4 Å². The lowest BCUT2D eigenvalue weighted by Gasteiger charge is -2.27. The summed E-state index contributed by atoms with van der Waals surface area (Å²) in [5.41, 5.74) is 0.152. The van der Waals surface area contributed by atoms with Crippen molar-refractivity contribution in [3.05, 3.63) is 75.3 Å². The van der Waals surface area contributed by atoms with Crippen molar-refractivity contribution in [1.82, 2.24) is 9.80 Å². The number of nitro groups is 1. The highest BCUT2D eigenvalue weighted by atomic mass is 16.6. The van der Waals surface area contributed by atoms with Crippen LogP contribution in [0, 0.1) is 10.1 Å². The van der Waals surface area contributed by atoms with Gasteiger partial charge in [0.15, 0.2) is 0 Å². The quantitative estimate of drug-likeness (QED) is 0.128. The highest BCUT2D eigenvalue weighted by Gasteiger charge is 2.46. The summed E-state index contributed by atoms with van der Waals surface area (Å²) in [4.78, 5) is 40.8. The number of hydrogen-bond donors (Lipinski definition) is 2. The highest BCUT2D eigenvalue weighted by Crippen LogP contribution is 2.40. The van der Waals surface area contributed by atoms with E-state index < -0.39 is 28.4 Å². The Kier molecular flexibility index (Phi) is 9.79. The van der Waals surface area contributed by atoms with Crippen molar-refractivity contribution in [2.45, 2.75) is 52.0 Å². The molecule has 1 unspecified atom stereocenters. The molecule has 1 aliphatic rings. The molecule has 9 nitrogen and oxygen atoms in total. The summed E-state index contributed by atoms with van der Waals surface area (Å²) >= 11 is 0. The van der Waals surface area contributed by atoms with E-state index in [-0.39, 0.29) is 29.1 Å². The first-order chi connectivity index (χ1) is 17.8. The largest absolute Gasteiger partial charge is 0.508 e. The lowest BCUT2D eigenvalue weighted by atomic mass is 9.95.